The Labute approximate surface area is 156 Å². The van der Waals surface area contributed by atoms with Gasteiger partial charge >= 0.3 is 0 Å². The second kappa shape index (κ2) is 10.5. The minimum Gasteiger partial charge on any atom is -0.314 e. The lowest BCUT2D eigenvalue weighted by Crippen LogP contribution is -2.45. The van der Waals surface area contributed by atoms with E-state index >= 15 is 0 Å². The lowest BCUT2D eigenvalue weighted by atomic mass is 9.97. The second-order valence-corrected chi connectivity index (χ2v) is 6.90. The van der Waals surface area contributed by atoms with Crippen molar-refractivity contribution >= 4 is 46.2 Å². The Balaban J connectivity index is 0.00000132. The fourth-order valence-electron chi connectivity index (χ4n) is 3.37. The first-order valence-corrected chi connectivity index (χ1v) is 9.19. The number of unbranched alkanes of at least 4 members (excludes halogenated alkanes) is 2. The fraction of sp³-hybridized carbons (Fsp3) is 0.556. The molecule has 0 aliphatic carbocycles. The second-order valence-electron chi connectivity index (χ2n) is 5.98. The molecular formula is C18H28Cl2N2S. The van der Waals surface area contributed by atoms with Gasteiger partial charge in [0, 0.05) is 36.9 Å². The maximum absolute atomic E-state index is 3.48. The number of nitrogens with one attached hydrogen (secondary N) is 1. The molecule has 0 spiro atoms. The number of rotatable bonds is 6. The minimum absolute atomic E-state index is 0. The molecule has 1 atom stereocenters. The lowest BCUT2D eigenvalue weighted by molar-refractivity contribution is 0.164. The van der Waals surface area contributed by atoms with Gasteiger partial charge in [0.05, 0.1) is 0 Å². The summed E-state index contributed by atoms with van der Waals surface area (Å²) in [5, 5.41) is 7.36. The maximum atomic E-state index is 3.48. The summed E-state index contributed by atoms with van der Waals surface area (Å²) in [4.78, 5) is 2.70. The molecule has 1 saturated heterocycles. The molecule has 0 radical (unpaired) electrons. The van der Waals surface area contributed by atoms with Gasteiger partial charge in [0.2, 0.25) is 0 Å². The number of nitrogens with zero attached hydrogens (tertiary/aromatic N) is 1. The predicted molar refractivity (Wildman–Crippen MR) is 108 cm³/mol. The van der Waals surface area contributed by atoms with Crippen molar-refractivity contribution in [2.75, 3.05) is 26.2 Å². The quantitative estimate of drug-likeness (QED) is 0.692. The zero-order valence-corrected chi connectivity index (χ0v) is 16.2. The molecule has 23 heavy (non-hydrogen) atoms. The van der Waals surface area contributed by atoms with E-state index in [0.29, 0.717) is 6.04 Å². The molecule has 2 aromatic rings. The number of benzene rings is 1. The number of hydrogen-bond donors (Lipinski definition) is 1. The molecule has 5 heteroatoms. The Bertz CT molecular complexity index is 567. The number of hydrogen-bond acceptors (Lipinski definition) is 3. The Kier molecular flexibility index (Phi) is 9.48. The Morgan fingerprint density at radius 1 is 1.13 bits per heavy atom. The van der Waals surface area contributed by atoms with Gasteiger partial charge in [-0.15, -0.1) is 36.2 Å². The van der Waals surface area contributed by atoms with Crippen LogP contribution in [0.5, 0.6) is 0 Å². The monoisotopic (exact) mass is 374 g/mol. The highest BCUT2D eigenvalue weighted by atomic mass is 35.5. The molecule has 1 N–H and O–H groups in total. The highest BCUT2D eigenvalue weighted by Gasteiger charge is 2.23. The summed E-state index contributed by atoms with van der Waals surface area (Å²) in [7, 11) is 0. The summed E-state index contributed by atoms with van der Waals surface area (Å²) in [5.74, 6) is 0. The van der Waals surface area contributed by atoms with Crippen molar-refractivity contribution in [2.24, 2.45) is 0 Å². The SMILES string of the molecule is CCCCC[C@H](c1csc2ccccc12)N1CCNCC1.Cl.Cl. The van der Waals surface area contributed by atoms with Crippen molar-refractivity contribution < 1.29 is 0 Å². The van der Waals surface area contributed by atoms with Crippen LogP contribution in [-0.2, 0) is 0 Å². The summed E-state index contributed by atoms with van der Waals surface area (Å²) in [5.41, 5.74) is 1.56. The van der Waals surface area contributed by atoms with Crippen molar-refractivity contribution in [3.05, 3.63) is 35.2 Å². The van der Waals surface area contributed by atoms with E-state index in [-0.39, 0.29) is 24.8 Å². The third-order valence-electron chi connectivity index (χ3n) is 4.54. The highest BCUT2D eigenvalue weighted by Crippen LogP contribution is 2.36. The molecule has 0 saturated carbocycles. The van der Waals surface area contributed by atoms with Gasteiger partial charge in [-0.3, -0.25) is 4.90 Å². The normalized spacial score (nSPS) is 16.6. The van der Waals surface area contributed by atoms with Crippen LogP contribution in [0.15, 0.2) is 29.6 Å². The summed E-state index contributed by atoms with van der Waals surface area (Å²) in [6.45, 7) is 6.92. The Morgan fingerprint density at radius 3 is 2.61 bits per heavy atom. The van der Waals surface area contributed by atoms with Gasteiger partial charge < -0.3 is 5.32 Å². The summed E-state index contributed by atoms with van der Waals surface area (Å²) >= 11 is 1.90. The van der Waals surface area contributed by atoms with Gasteiger partial charge in [-0.1, -0.05) is 44.4 Å². The number of piperazine rings is 1. The van der Waals surface area contributed by atoms with Crippen molar-refractivity contribution in [1.82, 2.24) is 10.2 Å². The van der Waals surface area contributed by atoms with Crippen molar-refractivity contribution in [1.29, 1.82) is 0 Å². The van der Waals surface area contributed by atoms with Gasteiger partial charge in [-0.05, 0) is 28.8 Å². The molecule has 1 aliphatic heterocycles. The zero-order chi connectivity index (χ0) is 14.5. The lowest BCUT2D eigenvalue weighted by Gasteiger charge is -2.35. The van der Waals surface area contributed by atoms with Crippen LogP contribution in [0.3, 0.4) is 0 Å². The van der Waals surface area contributed by atoms with Crippen LogP contribution in [-0.4, -0.2) is 31.1 Å². The molecule has 2 nitrogen and oxygen atoms in total. The molecule has 2 heterocycles. The topological polar surface area (TPSA) is 15.3 Å². The Morgan fingerprint density at radius 2 is 1.87 bits per heavy atom. The summed E-state index contributed by atoms with van der Waals surface area (Å²) in [6.07, 6.45) is 5.30. The average molecular weight is 375 g/mol. The molecule has 1 aliphatic rings. The molecule has 130 valence electrons. The molecule has 1 aromatic carbocycles. The van der Waals surface area contributed by atoms with Crippen LogP contribution in [0, 0.1) is 0 Å². The molecule has 1 fully saturated rings. The largest absolute Gasteiger partial charge is 0.314 e. The first-order valence-electron chi connectivity index (χ1n) is 8.31. The van der Waals surface area contributed by atoms with E-state index in [1.54, 1.807) is 5.56 Å². The fourth-order valence-corrected chi connectivity index (χ4v) is 4.38. The van der Waals surface area contributed by atoms with Gasteiger partial charge in [0.15, 0.2) is 0 Å². The van der Waals surface area contributed by atoms with Crippen LogP contribution in [0.4, 0.5) is 0 Å². The van der Waals surface area contributed by atoms with E-state index in [4.69, 9.17) is 0 Å². The zero-order valence-electron chi connectivity index (χ0n) is 13.8. The first-order chi connectivity index (χ1) is 10.4. The number of thiophene rings is 1. The standard InChI is InChI=1S/C18H26N2S.2ClH/c1-2-3-4-8-17(20-12-10-19-11-13-20)16-14-21-18-9-6-5-7-15(16)18;;/h5-7,9,14,17,19H,2-4,8,10-13H2,1H3;2*1H/t17-;;/m1../s1. The molecular weight excluding hydrogens is 347 g/mol. The van der Waals surface area contributed by atoms with Crippen LogP contribution in [0.25, 0.3) is 10.1 Å². The van der Waals surface area contributed by atoms with Gasteiger partial charge in [-0.2, -0.15) is 0 Å². The van der Waals surface area contributed by atoms with Crippen molar-refractivity contribution in [2.45, 2.75) is 38.6 Å². The average Bonchev–Trinajstić information content (AvgIpc) is 2.96. The molecule has 0 amide bonds. The van der Waals surface area contributed by atoms with Crippen LogP contribution in [0.1, 0.15) is 44.2 Å². The molecule has 0 bridgehead atoms. The van der Waals surface area contributed by atoms with E-state index in [0.717, 1.165) is 13.1 Å². The third kappa shape index (κ3) is 5.07. The smallest absolute Gasteiger partial charge is 0.0363 e. The molecule has 3 rings (SSSR count). The van der Waals surface area contributed by atoms with Crippen molar-refractivity contribution in [3.8, 4) is 0 Å². The van der Waals surface area contributed by atoms with Crippen LogP contribution >= 0.6 is 36.2 Å². The number of halogens is 2. The molecule has 1 aromatic heterocycles. The minimum atomic E-state index is 0. The van der Waals surface area contributed by atoms with Gasteiger partial charge in [0.25, 0.3) is 0 Å². The van der Waals surface area contributed by atoms with Crippen LogP contribution in [0.2, 0.25) is 0 Å². The van der Waals surface area contributed by atoms with Gasteiger partial charge in [-0.25, -0.2) is 0 Å². The van der Waals surface area contributed by atoms with Gasteiger partial charge in [0.1, 0.15) is 0 Å². The highest BCUT2D eigenvalue weighted by molar-refractivity contribution is 7.17. The van der Waals surface area contributed by atoms with E-state index in [1.807, 2.05) is 11.3 Å². The summed E-state index contributed by atoms with van der Waals surface area (Å²) < 4.78 is 1.43. The summed E-state index contributed by atoms with van der Waals surface area (Å²) in [6, 6.07) is 9.49. The first kappa shape index (κ1) is 20.7. The maximum Gasteiger partial charge on any atom is 0.0363 e. The Hall–Kier alpha value is -0.320. The van der Waals surface area contributed by atoms with E-state index in [2.05, 4.69) is 46.8 Å². The van der Waals surface area contributed by atoms with Crippen molar-refractivity contribution in [3.63, 3.8) is 0 Å². The van der Waals surface area contributed by atoms with E-state index < -0.39 is 0 Å². The van der Waals surface area contributed by atoms with E-state index in [9.17, 15) is 0 Å². The molecule has 0 unspecified atom stereocenters. The van der Waals surface area contributed by atoms with E-state index in [1.165, 1.54) is 48.9 Å². The predicted octanol–water partition coefficient (Wildman–Crippen LogP) is 5.27. The third-order valence-corrected chi connectivity index (χ3v) is 5.53. The number of fused-ring (bicyclic) bond motifs is 1. The van der Waals surface area contributed by atoms with Crippen LogP contribution < -0.4 is 5.32 Å².